The summed E-state index contributed by atoms with van der Waals surface area (Å²) in [7, 11) is -7.44. The van der Waals surface area contributed by atoms with Crippen LogP contribution in [0.4, 0.5) is 39.0 Å². The van der Waals surface area contributed by atoms with E-state index in [-0.39, 0.29) is 85.3 Å². The van der Waals surface area contributed by atoms with Crippen molar-refractivity contribution in [3.8, 4) is 45.8 Å². The molecule has 532 valence electrons. The summed E-state index contributed by atoms with van der Waals surface area (Å²) < 4.78 is 137. The molecule has 2 saturated heterocycles. The van der Waals surface area contributed by atoms with Crippen LogP contribution in [-0.2, 0) is 52.2 Å². The van der Waals surface area contributed by atoms with Gasteiger partial charge in [0.2, 0.25) is 23.7 Å². The molecule has 4 aromatic heterocycles. The first-order valence-corrected chi connectivity index (χ1v) is 36.7. The molecular weight excluding hydrogens is 1350 g/mol. The van der Waals surface area contributed by atoms with Crippen LogP contribution in [0.1, 0.15) is 87.8 Å². The number of sulfone groups is 2. The van der Waals surface area contributed by atoms with Crippen LogP contribution in [0.15, 0.2) is 170 Å². The molecule has 0 bridgehead atoms. The number of nitrogens with zero attached hydrogens (tertiary/aromatic N) is 8. The number of likely N-dealkylation sites (tertiary alicyclic amines) is 2. The number of halogens is 4. The van der Waals surface area contributed by atoms with E-state index < -0.39 is 90.6 Å². The van der Waals surface area contributed by atoms with E-state index in [1.165, 1.54) is 21.9 Å². The third kappa shape index (κ3) is 18.8. The van der Waals surface area contributed by atoms with Gasteiger partial charge in [-0.3, -0.25) is 0 Å². The fourth-order valence-electron chi connectivity index (χ4n) is 12.1. The number of carbonyl (C=O) groups excluding carboxylic acids is 2. The Bertz CT molecular complexity index is 4630. The van der Waals surface area contributed by atoms with Crippen LogP contribution in [0.2, 0.25) is 0 Å². The Balaban J connectivity index is 0.000000205. The van der Waals surface area contributed by atoms with Crippen molar-refractivity contribution >= 4 is 65.3 Å². The van der Waals surface area contributed by atoms with Crippen molar-refractivity contribution in [3.05, 3.63) is 215 Å². The number of hydrogen-bond acceptors (Lipinski definition) is 18. The number of aromatic nitrogens is 6. The Morgan fingerprint density at radius 3 is 1.24 bits per heavy atom. The molecule has 4 atom stereocenters. The largest absolute Gasteiger partial charge is 0.444 e. The average Bonchev–Trinajstić information content (AvgIpc) is 0.764. The summed E-state index contributed by atoms with van der Waals surface area (Å²) in [5.74, 6) is -1.02. The Labute approximate surface area is 589 Å². The van der Waals surface area contributed by atoms with Gasteiger partial charge in [0.25, 0.3) is 0 Å². The molecule has 6 heterocycles. The molecule has 0 radical (unpaired) electrons. The van der Waals surface area contributed by atoms with E-state index in [2.05, 4.69) is 40.5 Å². The lowest BCUT2D eigenvalue weighted by atomic mass is 10.0. The predicted molar refractivity (Wildman–Crippen MR) is 383 cm³/mol. The molecular formula is C76H78F4N10O10S2. The van der Waals surface area contributed by atoms with Gasteiger partial charge >= 0.3 is 12.2 Å². The molecule has 2 fully saturated rings. The average molecular weight is 1430 g/mol. The molecule has 2 amide bonds. The van der Waals surface area contributed by atoms with E-state index in [1.54, 1.807) is 200 Å². The molecule has 0 spiro atoms. The van der Waals surface area contributed by atoms with Crippen LogP contribution in [-0.4, -0.2) is 131 Å². The van der Waals surface area contributed by atoms with Gasteiger partial charge in [-0.1, -0.05) is 84.9 Å². The number of fused-ring (bicyclic) bond motifs is 2. The van der Waals surface area contributed by atoms with Crippen LogP contribution in [0.5, 0.6) is 23.3 Å². The van der Waals surface area contributed by atoms with Crippen LogP contribution in [0.3, 0.4) is 0 Å². The predicted octanol–water partition coefficient (Wildman–Crippen LogP) is 15.6. The van der Waals surface area contributed by atoms with Crippen LogP contribution >= 0.6 is 0 Å². The summed E-state index contributed by atoms with van der Waals surface area (Å²) in [6, 6.07) is 39.5. The zero-order valence-corrected chi connectivity index (χ0v) is 59.2. The Hall–Kier alpha value is -10.3. The van der Waals surface area contributed by atoms with E-state index in [4.69, 9.17) is 18.9 Å². The third-order valence-electron chi connectivity index (χ3n) is 16.6. The summed E-state index contributed by atoms with van der Waals surface area (Å²) in [6.07, 6.45) is 2.86. The highest BCUT2D eigenvalue weighted by Gasteiger charge is 2.35. The fourth-order valence-corrected chi connectivity index (χ4v) is 15.2. The summed E-state index contributed by atoms with van der Waals surface area (Å²) in [5.41, 5.74) is 3.36. The number of hydrogen-bond donors (Lipinski definition) is 2. The van der Waals surface area contributed by atoms with Crippen LogP contribution in [0, 0.1) is 25.5 Å². The maximum Gasteiger partial charge on any atom is 0.410 e. The molecule has 0 aliphatic carbocycles. The zero-order chi connectivity index (χ0) is 72.7. The van der Waals surface area contributed by atoms with Gasteiger partial charge in [0.15, 0.2) is 19.7 Å². The standard InChI is InChI=1S/2C38H39F2N5O5S/c2*1-24-12-13-28-29(14-15-32(40)31(28)23-51(47,48)22-25-9-6-5-7-10-25)34(24)49-35-30(11-8-17-41-35)33-16-18-42-36(44-33)43-27-19-26(39)20-45(21-27)37(46)50-38(2,3)4/h2*5-18,26-27H,19-23H2,1-4H3,(H,42,43,44)/t2*26-,27-/m10/s1. The monoisotopic (exact) mass is 1430 g/mol. The van der Waals surface area contributed by atoms with Gasteiger partial charge in [-0.25, -0.2) is 73.9 Å². The van der Waals surface area contributed by atoms with Crippen molar-refractivity contribution in [1.82, 2.24) is 39.7 Å². The van der Waals surface area contributed by atoms with E-state index in [1.807, 2.05) is 13.8 Å². The molecule has 20 nitrogen and oxygen atoms in total. The first kappa shape index (κ1) is 72.9. The quantitative estimate of drug-likeness (QED) is 0.0758. The lowest BCUT2D eigenvalue weighted by Gasteiger charge is -2.36. The molecule has 0 saturated carbocycles. The van der Waals surface area contributed by atoms with E-state index in [0.29, 0.717) is 66.7 Å². The molecule has 10 aromatic rings. The van der Waals surface area contributed by atoms with Crippen molar-refractivity contribution in [1.29, 1.82) is 0 Å². The van der Waals surface area contributed by atoms with Crippen molar-refractivity contribution in [2.75, 3.05) is 36.8 Å². The van der Waals surface area contributed by atoms with Gasteiger partial charge < -0.3 is 39.4 Å². The van der Waals surface area contributed by atoms with E-state index in [9.17, 15) is 35.2 Å². The first-order chi connectivity index (χ1) is 48.5. The number of amides is 2. The maximum atomic E-state index is 15.3. The molecule has 2 N–H and O–H groups in total. The maximum absolute atomic E-state index is 15.3. The number of alkyl halides is 2. The molecule has 102 heavy (non-hydrogen) atoms. The molecule has 2 aliphatic heterocycles. The van der Waals surface area contributed by atoms with Gasteiger partial charge in [-0.2, -0.15) is 0 Å². The molecule has 2 aliphatic rings. The van der Waals surface area contributed by atoms with Crippen molar-refractivity contribution < 1.29 is 62.9 Å². The highest BCUT2D eigenvalue weighted by Crippen LogP contribution is 2.41. The minimum Gasteiger partial charge on any atom is -0.444 e. The number of carbonyl (C=O) groups is 2. The third-order valence-corrected chi connectivity index (χ3v) is 19.6. The molecule has 26 heteroatoms. The number of piperidine rings is 2. The zero-order valence-electron chi connectivity index (χ0n) is 57.5. The lowest BCUT2D eigenvalue weighted by Crippen LogP contribution is -2.51. The SMILES string of the molecule is Cc1ccc2c(CS(=O)(=O)Cc3ccccc3)c(F)ccc2c1Oc1ncccc1-c1ccnc(N[C@@H]2C[C@@H](F)CN(C(=O)OC(C)(C)C)C2)n1.Cc1ccc2c(CS(=O)(=O)Cc3ccccc3)c(F)ccc2c1Oc1ncccc1-c1ccnc(N[C@H]2C[C@H](F)CN(C(=O)OC(C)(C)C)C2)n1. The second-order valence-electron chi connectivity index (χ2n) is 27.3. The minimum atomic E-state index is -3.72. The fraction of sp³-hybridized carbons (Fsp3) is 0.316. The van der Waals surface area contributed by atoms with Crippen LogP contribution < -0.4 is 20.1 Å². The van der Waals surface area contributed by atoms with Gasteiger partial charge in [-0.15, -0.1) is 0 Å². The number of aryl methyl sites for hydroxylation is 2. The second-order valence-corrected chi connectivity index (χ2v) is 31.4. The number of anilines is 2. The summed E-state index contributed by atoms with van der Waals surface area (Å²) in [4.78, 5) is 55.0. The number of ether oxygens (including phenoxy) is 4. The summed E-state index contributed by atoms with van der Waals surface area (Å²) in [6.45, 7) is 14.5. The molecule has 12 rings (SSSR count). The highest BCUT2D eigenvalue weighted by atomic mass is 32.2. The molecule has 0 unspecified atom stereocenters. The van der Waals surface area contributed by atoms with E-state index >= 15 is 8.78 Å². The van der Waals surface area contributed by atoms with Crippen molar-refractivity contribution in [2.45, 2.75) is 127 Å². The second kappa shape index (κ2) is 30.9. The van der Waals surface area contributed by atoms with Gasteiger partial charge in [0.05, 0.1) is 58.6 Å². The number of nitrogens with one attached hydrogen (secondary N) is 2. The highest BCUT2D eigenvalue weighted by molar-refractivity contribution is 7.90. The van der Waals surface area contributed by atoms with E-state index in [0.717, 1.165) is 11.1 Å². The Morgan fingerprint density at radius 2 is 0.853 bits per heavy atom. The van der Waals surface area contributed by atoms with Crippen LogP contribution in [0.25, 0.3) is 44.1 Å². The lowest BCUT2D eigenvalue weighted by molar-refractivity contribution is 0.0117. The van der Waals surface area contributed by atoms with Crippen molar-refractivity contribution in [3.63, 3.8) is 0 Å². The van der Waals surface area contributed by atoms with Crippen molar-refractivity contribution in [2.24, 2.45) is 0 Å². The number of rotatable bonds is 18. The summed E-state index contributed by atoms with van der Waals surface area (Å²) >= 11 is 0. The van der Waals surface area contributed by atoms with Gasteiger partial charge in [0, 0.05) is 84.7 Å². The summed E-state index contributed by atoms with van der Waals surface area (Å²) in [5, 5.41) is 8.19. The number of pyridine rings is 2. The smallest absolute Gasteiger partial charge is 0.410 e. The Morgan fingerprint density at radius 1 is 0.471 bits per heavy atom. The van der Waals surface area contributed by atoms with Gasteiger partial charge in [-0.05, 0) is 149 Å². The molecule has 6 aromatic carbocycles. The normalized spacial score (nSPS) is 16.5. The number of benzene rings is 6. The topological polar surface area (TPSA) is 247 Å². The first-order valence-electron chi connectivity index (χ1n) is 33.1. The Kier molecular flexibility index (Phi) is 22.1. The minimum absolute atomic E-state index is 0.0597. The van der Waals surface area contributed by atoms with Gasteiger partial charge in [0.1, 0.15) is 46.7 Å².